The Hall–Kier alpha value is -1.10. The Bertz CT molecular complexity index is 198. The van der Waals surface area contributed by atoms with Gasteiger partial charge in [-0.2, -0.15) is 0 Å². The average molecular weight is 143 g/mol. The summed E-state index contributed by atoms with van der Waals surface area (Å²) in [4.78, 5) is 10.6. The predicted octanol–water partition coefficient (Wildman–Crippen LogP) is -1.21. The Morgan fingerprint density at radius 3 is 2.44 bits per heavy atom. The molecule has 0 atom stereocenters. The Labute approximate surface area is 57.1 Å². The van der Waals surface area contributed by atoms with Crippen molar-refractivity contribution in [2.45, 2.75) is 0 Å². The van der Waals surface area contributed by atoms with Crippen LogP contribution < -0.4 is 16.4 Å². The van der Waals surface area contributed by atoms with Gasteiger partial charge in [0.1, 0.15) is 5.70 Å². The van der Waals surface area contributed by atoms with E-state index in [2.05, 4.69) is 22.9 Å². The van der Waals surface area contributed by atoms with Crippen LogP contribution in [0.25, 0.3) is 0 Å². The summed E-state index contributed by atoms with van der Waals surface area (Å²) in [7, 11) is 0. The summed E-state index contributed by atoms with van der Waals surface area (Å²) in [5.74, 6) is -0.275. The number of thiocarbonyl (C=S) groups is 1. The molecule has 5 heteroatoms. The second kappa shape index (κ2) is 2.02. The smallest absolute Gasteiger partial charge is 0.275 e. The number of carbonyl (C=O) groups excluding carboxylic acids is 1. The van der Waals surface area contributed by atoms with E-state index in [0.717, 1.165) is 0 Å². The molecular weight excluding hydrogens is 138 g/mol. The second-order valence-electron chi connectivity index (χ2n) is 1.49. The van der Waals surface area contributed by atoms with Gasteiger partial charge >= 0.3 is 0 Å². The molecule has 4 nitrogen and oxygen atoms in total. The van der Waals surface area contributed by atoms with Crippen molar-refractivity contribution in [1.82, 2.24) is 10.6 Å². The maximum Gasteiger partial charge on any atom is 0.275 e. The predicted molar refractivity (Wildman–Crippen MR) is 36.1 cm³/mol. The van der Waals surface area contributed by atoms with E-state index < -0.39 is 0 Å². The molecular formula is C4H5N3OS. The highest BCUT2D eigenvalue weighted by Crippen LogP contribution is 1.93. The Kier molecular flexibility index (Phi) is 1.35. The highest BCUT2D eigenvalue weighted by atomic mass is 32.1. The fourth-order valence-electron chi connectivity index (χ4n) is 0.498. The van der Waals surface area contributed by atoms with Gasteiger partial charge in [-0.25, -0.2) is 0 Å². The van der Waals surface area contributed by atoms with E-state index in [4.69, 9.17) is 5.73 Å². The Morgan fingerprint density at radius 1 is 1.56 bits per heavy atom. The largest absolute Gasteiger partial charge is 0.403 e. The molecule has 4 N–H and O–H groups in total. The summed E-state index contributed by atoms with van der Waals surface area (Å²) < 4.78 is 0. The first-order valence-corrected chi connectivity index (χ1v) is 2.69. The lowest BCUT2D eigenvalue weighted by molar-refractivity contribution is -0.115. The highest BCUT2D eigenvalue weighted by molar-refractivity contribution is 7.80. The van der Waals surface area contributed by atoms with Gasteiger partial charge in [0.2, 0.25) is 0 Å². The SMILES string of the molecule is NC=C1NC(=S)NC1=O. The molecule has 0 saturated carbocycles. The van der Waals surface area contributed by atoms with Crippen LogP contribution >= 0.6 is 12.2 Å². The van der Waals surface area contributed by atoms with Crippen molar-refractivity contribution >= 4 is 23.2 Å². The second-order valence-corrected chi connectivity index (χ2v) is 1.90. The number of amides is 1. The van der Waals surface area contributed by atoms with Crippen LogP contribution in [-0.4, -0.2) is 11.0 Å². The van der Waals surface area contributed by atoms with E-state index in [0.29, 0.717) is 10.8 Å². The molecule has 0 radical (unpaired) electrons. The van der Waals surface area contributed by atoms with Gasteiger partial charge in [0.05, 0.1) is 0 Å². The van der Waals surface area contributed by atoms with Crippen molar-refractivity contribution < 1.29 is 4.79 Å². The summed E-state index contributed by atoms with van der Waals surface area (Å²) in [6.07, 6.45) is 1.18. The van der Waals surface area contributed by atoms with Crippen molar-refractivity contribution in [3.63, 3.8) is 0 Å². The number of nitrogens with two attached hydrogens (primary N) is 1. The molecule has 1 heterocycles. The van der Waals surface area contributed by atoms with Gasteiger partial charge in [-0.1, -0.05) is 0 Å². The van der Waals surface area contributed by atoms with E-state index in [9.17, 15) is 4.79 Å². The highest BCUT2D eigenvalue weighted by Gasteiger charge is 2.18. The average Bonchev–Trinajstić information content (AvgIpc) is 2.10. The normalized spacial score (nSPS) is 22.0. The number of nitrogens with one attached hydrogen (secondary N) is 2. The topological polar surface area (TPSA) is 67.2 Å². The van der Waals surface area contributed by atoms with Crippen LogP contribution in [0.4, 0.5) is 0 Å². The molecule has 9 heavy (non-hydrogen) atoms. The molecule has 0 bridgehead atoms. The molecule has 0 spiro atoms. The van der Waals surface area contributed by atoms with Crippen LogP contribution in [0.2, 0.25) is 0 Å². The summed E-state index contributed by atoms with van der Waals surface area (Å²) in [5, 5.41) is 5.21. The van der Waals surface area contributed by atoms with E-state index in [1.807, 2.05) is 0 Å². The molecule has 1 saturated heterocycles. The lowest BCUT2D eigenvalue weighted by Gasteiger charge is -1.87. The Balaban J connectivity index is 2.81. The zero-order valence-electron chi connectivity index (χ0n) is 4.47. The first-order valence-electron chi connectivity index (χ1n) is 2.28. The summed E-state index contributed by atoms with van der Waals surface area (Å²) in [5.41, 5.74) is 5.35. The van der Waals surface area contributed by atoms with Gasteiger partial charge in [0.15, 0.2) is 5.11 Å². The van der Waals surface area contributed by atoms with Crippen LogP contribution in [0.1, 0.15) is 0 Å². The maximum atomic E-state index is 10.6. The van der Waals surface area contributed by atoms with E-state index in [1.165, 1.54) is 6.20 Å². The fourth-order valence-corrected chi connectivity index (χ4v) is 0.701. The maximum absolute atomic E-state index is 10.6. The van der Waals surface area contributed by atoms with Gasteiger partial charge in [-0.3, -0.25) is 10.1 Å². The van der Waals surface area contributed by atoms with Gasteiger partial charge in [0, 0.05) is 6.20 Å². The molecule has 1 amide bonds. The number of hydrogen-bond acceptors (Lipinski definition) is 3. The van der Waals surface area contributed by atoms with Gasteiger partial charge in [-0.15, -0.1) is 0 Å². The zero-order valence-corrected chi connectivity index (χ0v) is 5.29. The first-order chi connectivity index (χ1) is 4.24. The summed E-state index contributed by atoms with van der Waals surface area (Å²) in [6.45, 7) is 0. The van der Waals surface area contributed by atoms with E-state index in [-0.39, 0.29) is 5.91 Å². The van der Waals surface area contributed by atoms with E-state index >= 15 is 0 Å². The van der Waals surface area contributed by atoms with Crippen LogP contribution in [0.5, 0.6) is 0 Å². The summed E-state index contributed by atoms with van der Waals surface area (Å²) in [6, 6.07) is 0. The lowest BCUT2D eigenvalue weighted by Crippen LogP contribution is -2.21. The first kappa shape index (κ1) is 6.03. The molecule has 0 aromatic heterocycles. The van der Waals surface area contributed by atoms with Crippen molar-refractivity contribution in [2.24, 2.45) is 5.73 Å². The fraction of sp³-hybridized carbons (Fsp3) is 0. The van der Waals surface area contributed by atoms with E-state index in [1.54, 1.807) is 0 Å². The van der Waals surface area contributed by atoms with Gasteiger partial charge < -0.3 is 11.1 Å². The third-order valence-corrected chi connectivity index (χ3v) is 1.09. The molecule has 1 aliphatic rings. The van der Waals surface area contributed by atoms with Crippen LogP contribution in [0, 0.1) is 0 Å². The van der Waals surface area contributed by atoms with Gasteiger partial charge in [0.25, 0.3) is 5.91 Å². The standard InChI is InChI=1S/C4H5N3OS/c5-1-2-3(8)7-4(9)6-2/h1H,5H2,(H2,6,7,8,9). The zero-order chi connectivity index (χ0) is 6.85. The summed E-state index contributed by atoms with van der Waals surface area (Å²) >= 11 is 4.60. The third-order valence-electron chi connectivity index (χ3n) is 0.887. The molecule has 0 aromatic rings. The third kappa shape index (κ3) is 0.996. The minimum atomic E-state index is -0.275. The molecule has 0 aromatic carbocycles. The molecule has 1 aliphatic heterocycles. The quantitative estimate of drug-likeness (QED) is 0.294. The number of carbonyl (C=O) groups is 1. The van der Waals surface area contributed by atoms with Crippen molar-refractivity contribution in [3.05, 3.63) is 11.9 Å². The van der Waals surface area contributed by atoms with Crippen LogP contribution in [0.3, 0.4) is 0 Å². The molecule has 1 rings (SSSR count). The Morgan fingerprint density at radius 2 is 2.22 bits per heavy atom. The minimum absolute atomic E-state index is 0.275. The number of hydrogen-bond donors (Lipinski definition) is 3. The van der Waals surface area contributed by atoms with Crippen molar-refractivity contribution in [2.75, 3.05) is 0 Å². The molecule has 48 valence electrons. The van der Waals surface area contributed by atoms with Gasteiger partial charge in [-0.05, 0) is 12.2 Å². The molecule has 0 unspecified atom stereocenters. The van der Waals surface area contributed by atoms with Crippen molar-refractivity contribution in [1.29, 1.82) is 0 Å². The number of rotatable bonds is 0. The van der Waals surface area contributed by atoms with Crippen molar-refractivity contribution in [3.8, 4) is 0 Å². The monoisotopic (exact) mass is 143 g/mol. The molecule has 1 fully saturated rings. The van der Waals surface area contributed by atoms with Crippen LogP contribution in [0.15, 0.2) is 11.9 Å². The van der Waals surface area contributed by atoms with Crippen LogP contribution in [-0.2, 0) is 4.79 Å². The minimum Gasteiger partial charge on any atom is -0.403 e. The lowest BCUT2D eigenvalue weighted by atomic mass is 10.5. The molecule has 0 aliphatic carbocycles.